The minimum absolute atomic E-state index is 0.0483. The fraction of sp³-hybridized carbons (Fsp3) is 0.480. The molecule has 2 aromatic rings. The number of hydrogen-bond acceptors (Lipinski definition) is 6. The molecule has 2 fully saturated rings. The third kappa shape index (κ3) is 7.47. The van der Waals surface area contributed by atoms with Crippen molar-refractivity contribution in [2.75, 3.05) is 43.1 Å². The SMILES string of the molecule is O=C(NC[C@H](C(=O)Nc1ccc(N2CCOCC2=O)c(C(F)F)c1)N(CC(F)(F)F)C1CCC1)c1ccc(Cl)s1. The van der Waals surface area contributed by atoms with Gasteiger partial charge in [-0.05, 0) is 43.2 Å². The number of halogens is 6. The maximum Gasteiger partial charge on any atom is 0.401 e. The zero-order valence-electron chi connectivity index (χ0n) is 21.0. The van der Waals surface area contributed by atoms with Crippen LogP contribution in [0.4, 0.5) is 33.3 Å². The molecule has 218 valence electrons. The van der Waals surface area contributed by atoms with Gasteiger partial charge in [-0.3, -0.25) is 19.3 Å². The summed E-state index contributed by atoms with van der Waals surface area (Å²) in [5.74, 6) is -2.03. The van der Waals surface area contributed by atoms with Crippen LogP contribution in [0.1, 0.15) is 40.9 Å². The molecule has 3 amide bonds. The molecular weight excluding hydrogens is 583 g/mol. The van der Waals surface area contributed by atoms with Crippen LogP contribution >= 0.6 is 22.9 Å². The number of carbonyl (C=O) groups is 3. The van der Waals surface area contributed by atoms with E-state index in [0.717, 1.165) is 27.2 Å². The summed E-state index contributed by atoms with van der Waals surface area (Å²) in [6.45, 7) is -1.89. The Labute approximate surface area is 235 Å². The predicted molar refractivity (Wildman–Crippen MR) is 139 cm³/mol. The maximum atomic E-state index is 14.0. The number of alkyl halides is 5. The van der Waals surface area contributed by atoms with Crippen LogP contribution in [0.2, 0.25) is 4.34 Å². The summed E-state index contributed by atoms with van der Waals surface area (Å²) in [6, 6.07) is 4.47. The lowest BCUT2D eigenvalue weighted by Crippen LogP contribution is -2.58. The third-order valence-corrected chi connectivity index (χ3v) is 7.90. The summed E-state index contributed by atoms with van der Waals surface area (Å²) >= 11 is 6.83. The second-order valence-electron chi connectivity index (χ2n) is 9.36. The Hall–Kier alpha value is -2.81. The molecular formula is C25H26ClF5N4O4S. The van der Waals surface area contributed by atoms with Crippen molar-refractivity contribution in [1.82, 2.24) is 10.2 Å². The van der Waals surface area contributed by atoms with E-state index in [9.17, 15) is 36.3 Å². The summed E-state index contributed by atoms with van der Waals surface area (Å²) < 4.78 is 73.9. The Balaban J connectivity index is 1.58. The smallest absolute Gasteiger partial charge is 0.370 e. The van der Waals surface area contributed by atoms with Crippen LogP contribution in [-0.2, 0) is 14.3 Å². The summed E-state index contributed by atoms with van der Waals surface area (Å²) in [4.78, 5) is 40.5. The van der Waals surface area contributed by atoms with E-state index in [2.05, 4.69) is 10.6 Å². The zero-order valence-corrected chi connectivity index (χ0v) is 22.6. The average molecular weight is 609 g/mol. The summed E-state index contributed by atoms with van der Waals surface area (Å²) in [5.41, 5.74) is -0.668. The van der Waals surface area contributed by atoms with Crippen LogP contribution in [-0.4, -0.2) is 73.7 Å². The molecule has 0 radical (unpaired) electrons. The maximum absolute atomic E-state index is 14.0. The molecule has 15 heteroatoms. The first kappa shape index (κ1) is 30.2. The van der Waals surface area contributed by atoms with Gasteiger partial charge in [0, 0.05) is 30.4 Å². The molecule has 1 saturated carbocycles. The number of morpholine rings is 1. The average Bonchev–Trinajstić information content (AvgIpc) is 3.28. The Bertz CT molecular complexity index is 1240. The molecule has 40 heavy (non-hydrogen) atoms. The minimum atomic E-state index is -4.63. The number of ether oxygens (including phenoxy) is 1. The van der Waals surface area contributed by atoms with E-state index in [1.165, 1.54) is 24.3 Å². The van der Waals surface area contributed by atoms with Gasteiger partial charge >= 0.3 is 6.18 Å². The lowest BCUT2D eigenvalue weighted by Gasteiger charge is -2.42. The summed E-state index contributed by atoms with van der Waals surface area (Å²) in [7, 11) is 0. The van der Waals surface area contributed by atoms with Crippen LogP contribution in [0.25, 0.3) is 0 Å². The highest BCUT2D eigenvalue weighted by atomic mass is 35.5. The lowest BCUT2D eigenvalue weighted by atomic mass is 9.90. The van der Waals surface area contributed by atoms with Crippen molar-refractivity contribution in [3.8, 4) is 0 Å². The highest BCUT2D eigenvalue weighted by Gasteiger charge is 2.42. The van der Waals surface area contributed by atoms with Crippen LogP contribution < -0.4 is 15.5 Å². The molecule has 0 spiro atoms. The number of thiophene rings is 1. The molecule has 0 unspecified atom stereocenters. The van der Waals surface area contributed by atoms with Gasteiger partial charge in [0.25, 0.3) is 18.2 Å². The minimum Gasteiger partial charge on any atom is -0.370 e. The van der Waals surface area contributed by atoms with Crippen molar-refractivity contribution in [2.45, 2.75) is 43.9 Å². The van der Waals surface area contributed by atoms with E-state index in [1.807, 2.05) is 0 Å². The molecule has 0 bridgehead atoms. The molecule has 2 N–H and O–H groups in total. The number of carbonyl (C=O) groups excluding carboxylic acids is 3. The first-order valence-electron chi connectivity index (χ1n) is 12.4. The molecule has 2 heterocycles. The van der Waals surface area contributed by atoms with Crippen molar-refractivity contribution >= 4 is 52.0 Å². The van der Waals surface area contributed by atoms with Crippen molar-refractivity contribution < 1.29 is 41.1 Å². The van der Waals surface area contributed by atoms with Crippen LogP contribution in [0.3, 0.4) is 0 Å². The normalized spacial score (nSPS) is 17.2. The molecule has 4 rings (SSSR count). The van der Waals surface area contributed by atoms with Crippen LogP contribution in [0.15, 0.2) is 30.3 Å². The van der Waals surface area contributed by atoms with Gasteiger partial charge in [-0.25, -0.2) is 8.78 Å². The zero-order chi connectivity index (χ0) is 29.0. The van der Waals surface area contributed by atoms with E-state index >= 15 is 0 Å². The summed E-state index contributed by atoms with van der Waals surface area (Å²) in [6.07, 6.45) is -6.08. The van der Waals surface area contributed by atoms with Gasteiger partial charge < -0.3 is 20.3 Å². The third-order valence-electron chi connectivity index (χ3n) is 6.67. The monoisotopic (exact) mass is 608 g/mol. The van der Waals surface area contributed by atoms with Gasteiger partial charge in [-0.2, -0.15) is 13.2 Å². The fourth-order valence-corrected chi connectivity index (χ4v) is 5.50. The molecule has 1 aliphatic heterocycles. The highest BCUT2D eigenvalue weighted by molar-refractivity contribution is 7.18. The molecule has 1 atom stereocenters. The molecule has 1 aromatic heterocycles. The van der Waals surface area contributed by atoms with Crippen LogP contribution in [0.5, 0.6) is 0 Å². The summed E-state index contributed by atoms with van der Waals surface area (Å²) in [5, 5.41) is 4.94. The van der Waals surface area contributed by atoms with E-state index in [4.69, 9.17) is 16.3 Å². The number of rotatable bonds is 10. The first-order valence-corrected chi connectivity index (χ1v) is 13.6. The van der Waals surface area contributed by atoms with E-state index < -0.39 is 61.1 Å². The van der Waals surface area contributed by atoms with E-state index in [1.54, 1.807) is 0 Å². The molecule has 2 aliphatic rings. The Morgan fingerprint density at radius 3 is 2.52 bits per heavy atom. The lowest BCUT2D eigenvalue weighted by molar-refractivity contribution is -0.163. The van der Waals surface area contributed by atoms with Crippen molar-refractivity contribution in [3.63, 3.8) is 0 Å². The van der Waals surface area contributed by atoms with Crippen molar-refractivity contribution in [2.24, 2.45) is 0 Å². The number of benzene rings is 1. The van der Waals surface area contributed by atoms with Gasteiger partial charge in [-0.1, -0.05) is 18.0 Å². The molecule has 1 aromatic carbocycles. The van der Waals surface area contributed by atoms with Gasteiger partial charge in [0.1, 0.15) is 12.6 Å². The van der Waals surface area contributed by atoms with E-state index in [0.29, 0.717) is 23.6 Å². The second kappa shape index (κ2) is 12.8. The Morgan fingerprint density at radius 2 is 1.95 bits per heavy atom. The number of nitrogens with zero attached hydrogens (tertiary/aromatic N) is 2. The molecule has 1 saturated heterocycles. The van der Waals surface area contributed by atoms with Gasteiger partial charge in [0.2, 0.25) is 5.91 Å². The fourth-order valence-electron chi connectivity index (χ4n) is 4.54. The van der Waals surface area contributed by atoms with Crippen molar-refractivity contribution in [3.05, 3.63) is 45.1 Å². The Kier molecular flexibility index (Phi) is 9.64. The topological polar surface area (TPSA) is 91.0 Å². The molecule has 8 nitrogen and oxygen atoms in total. The first-order chi connectivity index (χ1) is 18.9. The van der Waals surface area contributed by atoms with E-state index in [-0.39, 0.29) is 36.0 Å². The largest absolute Gasteiger partial charge is 0.401 e. The predicted octanol–water partition coefficient (Wildman–Crippen LogP) is 4.86. The Morgan fingerprint density at radius 1 is 1.20 bits per heavy atom. The number of anilines is 2. The van der Waals surface area contributed by atoms with Crippen LogP contribution in [0, 0.1) is 0 Å². The van der Waals surface area contributed by atoms with Crippen molar-refractivity contribution in [1.29, 1.82) is 0 Å². The van der Waals surface area contributed by atoms with Gasteiger partial charge in [-0.15, -0.1) is 11.3 Å². The number of hydrogen-bond donors (Lipinski definition) is 2. The molecule has 1 aliphatic carbocycles. The number of nitrogens with one attached hydrogen (secondary N) is 2. The standard InChI is InChI=1S/C25H26ClF5N4O4S/c26-20-7-6-19(40-20)24(38)32-11-18(35(13-25(29,30)31)15-2-1-3-15)23(37)33-14-4-5-17(16(10-14)22(27)28)34-8-9-39-12-21(34)36/h4-7,10,15,18,22H,1-3,8-9,11-13H2,(H,32,38)(H,33,37)/t18-/m1/s1. The quantitative estimate of drug-likeness (QED) is 0.376. The van der Waals surface area contributed by atoms with Gasteiger partial charge in [0.15, 0.2) is 0 Å². The highest BCUT2D eigenvalue weighted by Crippen LogP contribution is 2.34. The second-order valence-corrected chi connectivity index (χ2v) is 11.1. The number of amides is 3. The van der Waals surface area contributed by atoms with Gasteiger partial charge in [0.05, 0.1) is 28.1 Å².